The number of amides is 1. The highest BCUT2D eigenvalue weighted by Gasteiger charge is 2.34. The van der Waals surface area contributed by atoms with Crippen LogP contribution in [0.2, 0.25) is 0 Å². The minimum absolute atomic E-state index is 0.188. The highest BCUT2D eigenvalue weighted by molar-refractivity contribution is 5.96. The van der Waals surface area contributed by atoms with E-state index in [0.29, 0.717) is 6.42 Å². The molecule has 3 nitrogen and oxygen atoms in total. The Balaban J connectivity index is 2.50. The molecule has 98 valence electrons. The van der Waals surface area contributed by atoms with E-state index in [9.17, 15) is 4.79 Å². The van der Waals surface area contributed by atoms with Gasteiger partial charge in [0.05, 0.1) is 5.54 Å². The lowest BCUT2D eigenvalue weighted by Crippen LogP contribution is -2.51. The zero-order chi connectivity index (χ0) is 13.3. The first-order valence-corrected chi connectivity index (χ1v) is 6.53. The Morgan fingerprint density at radius 3 is 2.72 bits per heavy atom. The summed E-state index contributed by atoms with van der Waals surface area (Å²) in [6.45, 7) is 9.96. The van der Waals surface area contributed by atoms with Crippen molar-refractivity contribution < 1.29 is 4.79 Å². The Morgan fingerprint density at radius 1 is 1.28 bits per heavy atom. The first kappa shape index (κ1) is 13.1. The molecular weight excluding hydrogens is 224 g/mol. The molecule has 1 N–H and O–H groups in total. The summed E-state index contributed by atoms with van der Waals surface area (Å²) < 4.78 is 0. The lowest BCUT2D eigenvalue weighted by molar-refractivity contribution is -0.119. The highest BCUT2D eigenvalue weighted by Crippen LogP contribution is 2.30. The lowest BCUT2D eigenvalue weighted by Gasteiger charge is -2.38. The summed E-state index contributed by atoms with van der Waals surface area (Å²) in [6, 6.07) is 6.29. The molecule has 1 saturated heterocycles. The van der Waals surface area contributed by atoms with E-state index in [1.54, 1.807) is 0 Å². The smallest absolute Gasteiger partial charge is 0.228 e. The average Bonchev–Trinajstić information content (AvgIpc) is 2.41. The maximum atomic E-state index is 12.4. The second-order valence-corrected chi connectivity index (χ2v) is 5.76. The van der Waals surface area contributed by atoms with E-state index < -0.39 is 0 Å². The molecule has 2 rings (SSSR count). The van der Waals surface area contributed by atoms with Gasteiger partial charge in [-0.2, -0.15) is 0 Å². The van der Waals surface area contributed by atoms with Crippen molar-refractivity contribution in [3.8, 4) is 0 Å². The number of benzene rings is 1. The maximum absolute atomic E-state index is 12.4. The quantitative estimate of drug-likeness (QED) is 0.825. The number of nitrogens with one attached hydrogen (secondary N) is 1. The Morgan fingerprint density at radius 2 is 2.00 bits per heavy atom. The number of aryl methyl sites for hydroxylation is 2. The number of carbonyl (C=O) groups excluding carboxylic acids is 1. The zero-order valence-electron chi connectivity index (χ0n) is 11.7. The van der Waals surface area contributed by atoms with Crippen LogP contribution in [0.3, 0.4) is 0 Å². The summed E-state index contributed by atoms with van der Waals surface area (Å²) in [5, 5.41) is 3.34. The van der Waals surface area contributed by atoms with Gasteiger partial charge < -0.3 is 10.2 Å². The second kappa shape index (κ2) is 4.73. The molecule has 3 heteroatoms. The summed E-state index contributed by atoms with van der Waals surface area (Å²) in [5.74, 6) is 0.207. The number of carbonyl (C=O) groups is 1. The van der Waals surface area contributed by atoms with Gasteiger partial charge in [0.15, 0.2) is 0 Å². The topological polar surface area (TPSA) is 32.3 Å². The van der Waals surface area contributed by atoms with E-state index in [2.05, 4.69) is 51.2 Å². The van der Waals surface area contributed by atoms with Crippen molar-refractivity contribution in [1.29, 1.82) is 0 Å². The van der Waals surface area contributed by atoms with Gasteiger partial charge in [0.2, 0.25) is 5.91 Å². The van der Waals surface area contributed by atoms with Gasteiger partial charge in [-0.25, -0.2) is 0 Å². The Hall–Kier alpha value is -1.35. The fourth-order valence-electron chi connectivity index (χ4n) is 2.54. The van der Waals surface area contributed by atoms with Crippen LogP contribution >= 0.6 is 0 Å². The fraction of sp³-hybridized carbons (Fsp3) is 0.533. The van der Waals surface area contributed by atoms with E-state index in [4.69, 9.17) is 0 Å². The van der Waals surface area contributed by atoms with Gasteiger partial charge in [0.25, 0.3) is 0 Å². The van der Waals surface area contributed by atoms with Crippen LogP contribution in [0.1, 0.15) is 31.4 Å². The predicted molar refractivity (Wildman–Crippen MR) is 75.0 cm³/mol. The zero-order valence-corrected chi connectivity index (χ0v) is 11.7. The third-order valence-electron chi connectivity index (χ3n) is 3.53. The summed E-state index contributed by atoms with van der Waals surface area (Å²) in [5.41, 5.74) is 3.21. The van der Waals surface area contributed by atoms with Crippen LogP contribution in [0.5, 0.6) is 0 Å². The maximum Gasteiger partial charge on any atom is 0.228 e. The van der Waals surface area contributed by atoms with Crippen LogP contribution < -0.4 is 10.2 Å². The first-order chi connectivity index (χ1) is 8.42. The molecule has 0 spiro atoms. The molecule has 1 heterocycles. The fourth-order valence-corrected chi connectivity index (χ4v) is 2.54. The van der Waals surface area contributed by atoms with Crippen molar-refractivity contribution in [2.24, 2.45) is 0 Å². The highest BCUT2D eigenvalue weighted by atomic mass is 16.2. The summed E-state index contributed by atoms with van der Waals surface area (Å²) in [4.78, 5) is 14.3. The van der Waals surface area contributed by atoms with Gasteiger partial charge in [0, 0.05) is 25.2 Å². The molecule has 0 atom stereocenters. The van der Waals surface area contributed by atoms with Crippen LogP contribution in [0.25, 0.3) is 0 Å². The third kappa shape index (κ3) is 2.41. The summed E-state index contributed by atoms with van der Waals surface area (Å²) in [7, 11) is 0. The molecule has 1 aliphatic heterocycles. The minimum atomic E-state index is -0.188. The van der Waals surface area contributed by atoms with E-state index in [0.717, 1.165) is 24.3 Å². The van der Waals surface area contributed by atoms with Crippen molar-refractivity contribution in [1.82, 2.24) is 5.32 Å². The van der Waals surface area contributed by atoms with Crippen molar-refractivity contribution in [2.75, 3.05) is 18.0 Å². The van der Waals surface area contributed by atoms with Crippen LogP contribution in [-0.4, -0.2) is 24.5 Å². The SMILES string of the molecule is Cc1ccc(C)c(N2C(=O)CCNCC2(C)C)c1. The molecule has 1 aliphatic rings. The van der Waals surface area contributed by atoms with E-state index in [1.807, 2.05) is 4.90 Å². The number of hydrogen-bond donors (Lipinski definition) is 1. The largest absolute Gasteiger partial charge is 0.314 e. The van der Waals surface area contributed by atoms with E-state index in [-0.39, 0.29) is 11.4 Å². The molecule has 1 aromatic carbocycles. The van der Waals surface area contributed by atoms with E-state index >= 15 is 0 Å². The van der Waals surface area contributed by atoms with Crippen molar-refractivity contribution in [3.63, 3.8) is 0 Å². The molecule has 0 radical (unpaired) electrons. The molecule has 1 fully saturated rings. The predicted octanol–water partition coefficient (Wildman–Crippen LogP) is 2.41. The van der Waals surface area contributed by atoms with Crippen molar-refractivity contribution in [3.05, 3.63) is 29.3 Å². The van der Waals surface area contributed by atoms with Crippen LogP contribution in [0, 0.1) is 13.8 Å². The normalized spacial score (nSPS) is 19.8. The summed E-state index contributed by atoms with van der Waals surface area (Å²) >= 11 is 0. The molecule has 0 aromatic heterocycles. The first-order valence-electron chi connectivity index (χ1n) is 6.53. The Bertz CT molecular complexity index is 466. The van der Waals surface area contributed by atoms with Crippen molar-refractivity contribution >= 4 is 11.6 Å². The van der Waals surface area contributed by atoms with E-state index in [1.165, 1.54) is 5.56 Å². The number of rotatable bonds is 1. The van der Waals surface area contributed by atoms with Crippen molar-refractivity contribution in [2.45, 2.75) is 39.7 Å². The number of hydrogen-bond acceptors (Lipinski definition) is 2. The molecule has 1 amide bonds. The third-order valence-corrected chi connectivity index (χ3v) is 3.53. The number of anilines is 1. The monoisotopic (exact) mass is 246 g/mol. The van der Waals surface area contributed by atoms with Gasteiger partial charge in [-0.05, 0) is 44.9 Å². The minimum Gasteiger partial charge on any atom is -0.314 e. The average molecular weight is 246 g/mol. The van der Waals surface area contributed by atoms with Crippen LogP contribution in [0.4, 0.5) is 5.69 Å². The molecule has 0 aliphatic carbocycles. The van der Waals surface area contributed by atoms with Gasteiger partial charge >= 0.3 is 0 Å². The van der Waals surface area contributed by atoms with Crippen LogP contribution in [0.15, 0.2) is 18.2 Å². The number of nitrogens with zero attached hydrogens (tertiary/aromatic N) is 1. The molecule has 0 bridgehead atoms. The summed E-state index contributed by atoms with van der Waals surface area (Å²) in [6.07, 6.45) is 0.566. The lowest BCUT2D eigenvalue weighted by atomic mass is 9.99. The Labute approximate surface area is 109 Å². The standard InChI is InChI=1S/C15H22N2O/c1-11-5-6-12(2)13(9-11)17-14(18)7-8-16-10-15(17,3)4/h5-6,9,16H,7-8,10H2,1-4H3. The van der Waals surface area contributed by atoms with Gasteiger partial charge in [-0.3, -0.25) is 4.79 Å². The molecule has 18 heavy (non-hydrogen) atoms. The Kier molecular flexibility index (Phi) is 3.44. The molecular formula is C15H22N2O. The van der Waals surface area contributed by atoms with Gasteiger partial charge in [-0.1, -0.05) is 12.1 Å². The molecule has 0 saturated carbocycles. The van der Waals surface area contributed by atoms with Gasteiger partial charge in [-0.15, -0.1) is 0 Å². The molecule has 0 unspecified atom stereocenters. The molecule has 1 aromatic rings. The second-order valence-electron chi connectivity index (χ2n) is 5.76. The van der Waals surface area contributed by atoms with Gasteiger partial charge in [0.1, 0.15) is 0 Å². The van der Waals surface area contributed by atoms with Crippen LogP contribution in [-0.2, 0) is 4.79 Å².